The van der Waals surface area contributed by atoms with Crippen LogP contribution in [0, 0.1) is 23.2 Å². The van der Waals surface area contributed by atoms with Crippen LogP contribution < -0.4 is 0 Å². The third kappa shape index (κ3) is 3.82. The number of hydrogen-bond acceptors (Lipinski definition) is 2. The molecule has 1 N–H and O–H groups in total. The maximum absolute atomic E-state index is 10.3. The van der Waals surface area contributed by atoms with Gasteiger partial charge in [-0.15, -0.1) is 0 Å². The van der Waals surface area contributed by atoms with Gasteiger partial charge in [-0.3, -0.25) is 0 Å². The third-order valence-corrected chi connectivity index (χ3v) is 7.24. The van der Waals surface area contributed by atoms with E-state index >= 15 is 0 Å². The highest BCUT2D eigenvalue weighted by atomic mass is 31.0. The summed E-state index contributed by atoms with van der Waals surface area (Å²) >= 11 is 0. The van der Waals surface area contributed by atoms with Crippen molar-refractivity contribution in [3.05, 3.63) is 0 Å². The molecule has 0 saturated heterocycles. The average molecular weight is 314 g/mol. The van der Waals surface area contributed by atoms with Crippen LogP contribution >= 0.6 is 9.47 Å². The first kappa shape index (κ1) is 17.7. The van der Waals surface area contributed by atoms with E-state index in [2.05, 4.69) is 37.2 Å². The van der Waals surface area contributed by atoms with Crippen molar-refractivity contribution in [2.24, 2.45) is 23.2 Å². The van der Waals surface area contributed by atoms with Gasteiger partial charge in [0.2, 0.25) is 0 Å². The Kier molecular flexibility index (Phi) is 5.77. The van der Waals surface area contributed by atoms with E-state index in [1.165, 1.54) is 38.5 Å². The zero-order valence-corrected chi connectivity index (χ0v) is 15.6. The quantitative estimate of drug-likeness (QED) is 0.702. The maximum atomic E-state index is 10.3. The molecule has 0 amide bonds. The lowest BCUT2D eigenvalue weighted by Crippen LogP contribution is -2.41. The van der Waals surface area contributed by atoms with E-state index in [-0.39, 0.29) is 11.7 Å². The fourth-order valence-corrected chi connectivity index (χ4v) is 5.35. The second-order valence-electron chi connectivity index (χ2n) is 8.50. The minimum Gasteiger partial charge on any atom is -0.393 e. The molecule has 0 aliphatic heterocycles. The topological polar surface area (TPSA) is 29.5 Å². The zero-order valence-electron chi connectivity index (χ0n) is 14.4. The summed E-state index contributed by atoms with van der Waals surface area (Å²) in [5, 5.41) is 10.3. The minimum absolute atomic E-state index is 0.0203. The Hall–Kier alpha value is 0.350. The molecule has 0 radical (unpaired) electrons. The number of hydrogen-bond donors (Lipinski definition) is 1. The van der Waals surface area contributed by atoms with E-state index in [4.69, 9.17) is 4.52 Å². The van der Waals surface area contributed by atoms with Crippen LogP contribution in [0.2, 0.25) is 0 Å². The van der Waals surface area contributed by atoms with Crippen LogP contribution in [-0.4, -0.2) is 16.8 Å². The molecule has 2 fully saturated rings. The first-order chi connectivity index (χ1) is 9.80. The molecule has 0 heterocycles. The zero-order chi connectivity index (χ0) is 15.7. The Labute approximate surface area is 133 Å². The van der Waals surface area contributed by atoms with Crippen LogP contribution in [0.5, 0.6) is 0 Å². The Morgan fingerprint density at radius 3 is 2.71 bits per heavy atom. The Bertz CT molecular complexity index is 344. The van der Waals surface area contributed by atoms with Crippen molar-refractivity contribution in [1.82, 2.24) is 0 Å². The summed E-state index contributed by atoms with van der Waals surface area (Å²) in [6.45, 7) is 9.22. The highest BCUT2D eigenvalue weighted by molar-refractivity contribution is 7.09. The van der Waals surface area contributed by atoms with Crippen LogP contribution in [0.3, 0.4) is 0 Å². The lowest BCUT2D eigenvalue weighted by atomic mass is 9.61. The van der Waals surface area contributed by atoms with Gasteiger partial charge in [0.05, 0.1) is 11.7 Å². The standard InChI is InChI=1S/C18H35O2P/c1-13(7-5-11-17(2,3)20-21)14-9-10-15-16(19)8-6-12-18(14,15)4/h13-16,19H,5-12,21H2,1-4H3/t13-,14-,15?,16?,18-/m1/s1. The van der Waals surface area contributed by atoms with Gasteiger partial charge in [-0.25, -0.2) is 0 Å². The summed E-state index contributed by atoms with van der Waals surface area (Å²) in [5.41, 5.74) is 0.372. The van der Waals surface area contributed by atoms with Crippen molar-refractivity contribution in [2.75, 3.05) is 0 Å². The summed E-state index contributed by atoms with van der Waals surface area (Å²) in [7, 11) is 2.40. The van der Waals surface area contributed by atoms with Crippen LogP contribution in [0.15, 0.2) is 0 Å². The van der Waals surface area contributed by atoms with Gasteiger partial charge in [0.25, 0.3) is 0 Å². The van der Waals surface area contributed by atoms with Crippen molar-refractivity contribution >= 4 is 9.47 Å². The van der Waals surface area contributed by atoms with Crippen LogP contribution in [0.1, 0.15) is 79.1 Å². The molecule has 6 atom stereocenters. The second-order valence-corrected chi connectivity index (χ2v) is 8.74. The van der Waals surface area contributed by atoms with Gasteiger partial charge in [-0.2, -0.15) is 0 Å². The molecule has 2 saturated carbocycles. The van der Waals surface area contributed by atoms with Crippen LogP contribution in [0.4, 0.5) is 0 Å². The summed E-state index contributed by atoms with van der Waals surface area (Å²) < 4.78 is 5.45. The molecule has 0 aromatic heterocycles. The number of fused-ring (bicyclic) bond motifs is 1. The van der Waals surface area contributed by atoms with Gasteiger partial charge >= 0.3 is 0 Å². The van der Waals surface area contributed by atoms with Crippen molar-refractivity contribution in [3.8, 4) is 0 Å². The van der Waals surface area contributed by atoms with E-state index in [9.17, 15) is 5.11 Å². The summed E-state index contributed by atoms with van der Waals surface area (Å²) in [6, 6.07) is 0. The van der Waals surface area contributed by atoms with Gasteiger partial charge < -0.3 is 9.63 Å². The Balaban J connectivity index is 1.89. The molecule has 0 aromatic carbocycles. The molecular weight excluding hydrogens is 279 g/mol. The minimum atomic E-state index is -0.0367. The SMILES string of the molecule is C[C@H](CCCC(C)(C)OP)[C@H]1CCC2C(O)CCC[C@@]21C. The molecule has 2 nitrogen and oxygen atoms in total. The molecule has 21 heavy (non-hydrogen) atoms. The van der Waals surface area contributed by atoms with Crippen LogP contribution in [0.25, 0.3) is 0 Å². The highest BCUT2D eigenvalue weighted by Crippen LogP contribution is 2.58. The first-order valence-electron chi connectivity index (χ1n) is 8.86. The third-order valence-electron chi connectivity index (χ3n) is 6.61. The molecule has 0 spiro atoms. The van der Waals surface area contributed by atoms with Crippen LogP contribution in [-0.2, 0) is 4.52 Å². The van der Waals surface area contributed by atoms with E-state index in [0.717, 1.165) is 24.7 Å². The Morgan fingerprint density at radius 2 is 2.05 bits per heavy atom. The fourth-order valence-electron chi connectivity index (χ4n) is 5.23. The molecule has 124 valence electrons. The normalized spacial score (nSPS) is 38.3. The van der Waals surface area contributed by atoms with Gasteiger partial charge in [-0.1, -0.05) is 33.1 Å². The monoisotopic (exact) mass is 314 g/mol. The summed E-state index contributed by atoms with van der Waals surface area (Å²) in [6.07, 6.45) is 9.75. The van der Waals surface area contributed by atoms with E-state index < -0.39 is 0 Å². The van der Waals surface area contributed by atoms with E-state index in [1.807, 2.05) is 0 Å². The average Bonchev–Trinajstić information content (AvgIpc) is 2.77. The predicted molar refractivity (Wildman–Crippen MR) is 92.1 cm³/mol. The fraction of sp³-hybridized carbons (Fsp3) is 1.00. The molecule has 2 aliphatic carbocycles. The lowest BCUT2D eigenvalue weighted by Gasteiger charge is -2.45. The summed E-state index contributed by atoms with van der Waals surface area (Å²) in [5.74, 6) is 2.13. The predicted octanol–water partition coefficient (Wildman–Crippen LogP) is 4.96. The van der Waals surface area contributed by atoms with Crippen molar-refractivity contribution in [1.29, 1.82) is 0 Å². The van der Waals surface area contributed by atoms with Gasteiger partial charge in [-0.05, 0) is 69.1 Å². The Morgan fingerprint density at radius 1 is 1.33 bits per heavy atom. The molecule has 2 aliphatic rings. The number of aliphatic hydroxyl groups excluding tert-OH is 1. The van der Waals surface area contributed by atoms with E-state index in [0.29, 0.717) is 11.3 Å². The smallest absolute Gasteiger partial charge is 0.0662 e. The van der Waals surface area contributed by atoms with Crippen molar-refractivity contribution in [3.63, 3.8) is 0 Å². The van der Waals surface area contributed by atoms with E-state index in [1.54, 1.807) is 0 Å². The summed E-state index contributed by atoms with van der Waals surface area (Å²) in [4.78, 5) is 0. The lowest BCUT2D eigenvalue weighted by molar-refractivity contribution is -0.0281. The molecule has 0 aromatic rings. The van der Waals surface area contributed by atoms with Gasteiger partial charge in [0.1, 0.15) is 0 Å². The molecule has 3 unspecified atom stereocenters. The second kappa shape index (κ2) is 6.85. The number of rotatable bonds is 6. The molecule has 0 bridgehead atoms. The first-order valence-corrected chi connectivity index (χ1v) is 9.33. The maximum Gasteiger partial charge on any atom is 0.0662 e. The van der Waals surface area contributed by atoms with Crippen molar-refractivity contribution < 1.29 is 9.63 Å². The highest BCUT2D eigenvalue weighted by Gasteiger charge is 2.51. The number of aliphatic hydroxyl groups is 1. The molecule has 2 rings (SSSR count). The largest absolute Gasteiger partial charge is 0.393 e. The van der Waals surface area contributed by atoms with Crippen molar-refractivity contribution in [2.45, 2.75) is 90.8 Å². The van der Waals surface area contributed by atoms with Gasteiger partial charge in [0.15, 0.2) is 0 Å². The molecular formula is C18H35O2P. The molecule has 3 heteroatoms. The van der Waals surface area contributed by atoms with Gasteiger partial charge in [0, 0.05) is 9.47 Å².